The van der Waals surface area contributed by atoms with E-state index in [9.17, 15) is 0 Å². The number of unbranched alkanes of at least 4 members (excludes halogenated alkanes) is 24. The normalized spacial score (nSPS) is 16.4. The molecule has 2 aromatic heterocycles. The molecule has 0 fully saturated rings. The summed E-state index contributed by atoms with van der Waals surface area (Å²) in [5.74, 6) is 0.879. The maximum atomic E-state index is 15.0. The van der Waals surface area contributed by atoms with Gasteiger partial charge in [-0.25, -0.2) is 0 Å². The second-order valence-corrected chi connectivity index (χ2v) is 24.2. The minimum Gasteiger partial charge on any atom is -0.307 e. The average molecular weight is 1050 g/mol. The van der Waals surface area contributed by atoms with Crippen LogP contribution in [-0.2, 0) is 9.59 Å². The summed E-state index contributed by atoms with van der Waals surface area (Å²) in [6.07, 6.45) is 45.2. The Hall–Kier alpha value is -1.48. The van der Waals surface area contributed by atoms with Gasteiger partial charge in [-0.05, 0) is 106 Å². The van der Waals surface area contributed by atoms with Crippen molar-refractivity contribution in [1.82, 2.24) is 9.80 Å². The number of carbonyl (C=O) groups is 2. The Morgan fingerprint density at radius 2 is 0.672 bits per heavy atom. The standard InChI is InChI=1S/C56H88Br2N2O2S2/c1-5-9-13-17-21-23-27-31-35-45(33-29-25-19-15-11-7-3)43-59-49(51-37-39-53(57)63-51)41-47(55(59)61)48-42-50(52-38-40-54(58)64-52)60(56(48)62)44-46(34-30-26-20-16-12-8-4)36-32-28-24-22-18-14-10-6-2/h37-42,45-46H,5-36,43-44H2,1-4H3/b48-47+. The monoisotopic (exact) mass is 1040 g/mol. The van der Waals surface area contributed by atoms with Crippen LogP contribution < -0.4 is 0 Å². The number of amides is 2. The zero-order valence-corrected chi connectivity index (χ0v) is 45.7. The van der Waals surface area contributed by atoms with Crippen molar-refractivity contribution in [1.29, 1.82) is 0 Å². The highest BCUT2D eigenvalue weighted by Gasteiger charge is 2.39. The van der Waals surface area contributed by atoms with E-state index in [-0.39, 0.29) is 11.8 Å². The van der Waals surface area contributed by atoms with Crippen molar-refractivity contribution in [2.75, 3.05) is 13.1 Å². The summed E-state index contributed by atoms with van der Waals surface area (Å²) in [7, 11) is 0. The third-order valence-corrected chi connectivity index (χ3v) is 17.1. The quantitative estimate of drug-likeness (QED) is 0.0497. The summed E-state index contributed by atoms with van der Waals surface area (Å²) >= 11 is 10.8. The van der Waals surface area contributed by atoms with Gasteiger partial charge in [-0.3, -0.25) is 9.59 Å². The summed E-state index contributed by atoms with van der Waals surface area (Å²) in [4.78, 5) is 36.4. The van der Waals surface area contributed by atoms with Gasteiger partial charge in [-0.15, -0.1) is 22.7 Å². The molecule has 2 unspecified atom stereocenters. The van der Waals surface area contributed by atoms with Gasteiger partial charge >= 0.3 is 0 Å². The topological polar surface area (TPSA) is 40.6 Å². The van der Waals surface area contributed by atoms with E-state index in [0.29, 0.717) is 36.1 Å². The second kappa shape index (κ2) is 33.1. The number of rotatable bonds is 38. The van der Waals surface area contributed by atoms with Crippen LogP contribution in [0.5, 0.6) is 0 Å². The lowest BCUT2D eigenvalue weighted by atomic mass is 9.93. The molecule has 0 aliphatic carbocycles. The minimum absolute atomic E-state index is 0.000816. The molecular formula is C56H88Br2N2O2S2. The maximum absolute atomic E-state index is 15.0. The fraction of sp³-hybridized carbons (Fsp3) is 0.714. The highest BCUT2D eigenvalue weighted by molar-refractivity contribution is 9.11. The van der Waals surface area contributed by atoms with Crippen molar-refractivity contribution in [3.8, 4) is 0 Å². The summed E-state index contributed by atoms with van der Waals surface area (Å²) in [6.45, 7) is 10.6. The zero-order valence-electron chi connectivity index (χ0n) is 40.9. The second-order valence-electron chi connectivity index (χ2n) is 19.3. The molecule has 0 saturated heterocycles. The van der Waals surface area contributed by atoms with Gasteiger partial charge in [0.2, 0.25) is 0 Å². The minimum atomic E-state index is -0.000816. The van der Waals surface area contributed by atoms with Gasteiger partial charge in [0.25, 0.3) is 11.8 Å². The Bertz CT molecular complexity index is 1580. The van der Waals surface area contributed by atoms with Crippen LogP contribution in [-0.4, -0.2) is 34.7 Å². The lowest BCUT2D eigenvalue weighted by Gasteiger charge is -2.27. The van der Waals surface area contributed by atoms with E-state index in [2.05, 4.69) is 106 Å². The number of carbonyl (C=O) groups excluding carboxylic acids is 2. The smallest absolute Gasteiger partial charge is 0.259 e. The summed E-state index contributed by atoms with van der Waals surface area (Å²) in [5, 5.41) is 0. The van der Waals surface area contributed by atoms with Crippen LogP contribution >= 0.6 is 54.5 Å². The fourth-order valence-corrected chi connectivity index (χ4v) is 12.7. The van der Waals surface area contributed by atoms with Gasteiger partial charge in [0.1, 0.15) is 0 Å². The van der Waals surface area contributed by atoms with Crippen molar-refractivity contribution < 1.29 is 9.59 Å². The Labute approximate surface area is 417 Å². The van der Waals surface area contributed by atoms with Crippen molar-refractivity contribution in [2.24, 2.45) is 11.8 Å². The molecule has 4 rings (SSSR count). The lowest BCUT2D eigenvalue weighted by molar-refractivity contribution is -0.126. The van der Waals surface area contributed by atoms with E-state index in [1.807, 2.05) is 0 Å². The van der Waals surface area contributed by atoms with Crippen LogP contribution in [0, 0.1) is 11.8 Å². The highest BCUT2D eigenvalue weighted by Crippen LogP contribution is 2.42. The first kappa shape index (κ1) is 55.1. The predicted molar refractivity (Wildman–Crippen MR) is 288 cm³/mol. The molecule has 4 nitrogen and oxygen atoms in total. The molecule has 0 radical (unpaired) electrons. The fourth-order valence-electron chi connectivity index (χ4n) is 9.85. The van der Waals surface area contributed by atoms with E-state index in [0.717, 1.165) is 54.4 Å². The van der Waals surface area contributed by atoms with Gasteiger partial charge in [0.15, 0.2) is 0 Å². The van der Waals surface area contributed by atoms with Crippen LogP contribution in [0.3, 0.4) is 0 Å². The molecule has 0 aromatic carbocycles. The molecule has 0 N–H and O–H groups in total. The number of halogens is 2. The predicted octanol–water partition coefficient (Wildman–Crippen LogP) is 19.5. The Morgan fingerprint density at radius 3 is 0.922 bits per heavy atom. The molecule has 360 valence electrons. The van der Waals surface area contributed by atoms with Crippen molar-refractivity contribution >= 4 is 77.7 Å². The first-order chi connectivity index (χ1) is 31.3. The SMILES string of the molecule is CCCCCCCCCCC(CCCCCCCC)CN1C(=O)/C(=C2\C=C(c3ccc(Br)s3)N(CC(CCCCCCCC)CCCCCCCCCC)C2=O)C=C1c1ccc(Br)s1. The molecule has 2 aliphatic heterocycles. The summed E-state index contributed by atoms with van der Waals surface area (Å²) in [5.41, 5.74) is 3.06. The molecule has 0 saturated carbocycles. The van der Waals surface area contributed by atoms with Crippen LogP contribution in [0.2, 0.25) is 0 Å². The van der Waals surface area contributed by atoms with E-state index < -0.39 is 0 Å². The molecule has 64 heavy (non-hydrogen) atoms. The lowest BCUT2D eigenvalue weighted by Crippen LogP contribution is -2.33. The van der Waals surface area contributed by atoms with Crippen molar-refractivity contribution in [3.05, 3.63) is 64.9 Å². The van der Waals surface area contributed by atoms with E-state index >= 15 is 9.59 Å². The van der Waals surface area contributed by atoms with Crippen LogP contribution in [0.4, 0.5) is 0 Å². The molecule has 2 aromatic rings. The van der Waals surface area contributed by atoms with Gasteiger partial charge in [0.05, 0.1) is 39.9 Å². The molecule has 8 heteroatoms. The average Bonchev–Trinajstić information content (AvgIpc) is 4.07. The molecule has 4 heterocycles. The Kier molecular flexibility index (Phi) is 28.5. The summed E-state index contributed by atoms with van der Waals surface area (Å²) in [6, 6.07) is 8.46. The number of thiophene rings is 2. The highest BCUT2D eigenvalue weighted by atomic mass is 79.9. The van der Waals surface area contributed by atoms with Crippen molar-refractivity contribution in [2.45, 2.75) is 233 Å². The molecule has 2 amide bonds. The van der Waals surface area contributed by atoms with Crippen molar-refractivity contribution in [3.63, 3.8) is 0 Å². The van der Waals surface area contributed by atoms with Gasteiger partial charge < -0.3 is 9.80 Å². The Balaban J connectivity index is 1.58. The van der Waals surface area contributed by atoms with Gasteiger partial charge in [-0.2, -0.15) is 0 Å². The maximum Gasteiger partial charge on any atom is 0.259 e. The largest absolute Gasteiger partial charge is 0.307 e. The third kappa shape index (κ3) is 19.6. The molecule has 2 aliphatic rings. The van der Waals surface area contributed by atoms with Gasteiger partial charge in [0, 0.05) is 13.1 Å². The summed E-state index contributed by atoms with van der Waals surface area (Å²) < 4.78 is 2.11. The van der Waals surface area contributed by atoms with Gasteiger partial charge in [-0.1, -0.05) is 207 Å². The number of nitrogens with zero attached hydrogens (tertiary/aromatic N) is 2. The van der Waals surface area contributed by atoms with E-state index in [1.54, 1.807) is 22.7 Å². The van der Waals surface area contributed by atoms with Crippen LogP contribution in [0.15, 0.2) is 55.1 Å². The molecule has 0 spiro atoms. The first-order valence-electron chi connectivity index (χ1n) is 26.6. The first-order valence-corrected chi connectivity index (χ1v) is 29.9. The van der Waals surface area contributed by atoms with Crippen LogP contribution in [0.1, 0.15) is 243 Å². The molecular weight excluding hydrogens is 957 g/mol. The van der Waals surface area contributed by atoms with Crippen LogP contribution in [0.25, 0.3) is 11.4 Å². The molecule has 0 bridgehead atoms. The number of hydrogen-bond acceptors (Lipinski definition) is 4. The Morgan fingerprint density at radius 1 is 0.406 bits per heavy atom. The zero-order chi connectivity index (χ0) is 45.8. The number of hydrogen-bond donors (Lipinski definition) is 0. The van der Waals surface area contributed by atoms with E-state index in [1.165, 1.54) is 180 Å². The van der Waals surface area contributed by atoms with E-state index in [4.69, 9.17) is 0 Å². The molecule has 2 atom stereocenters. The third-order valence-electron chi connectivity index (χ3n) is 13.8.